The fraction of sp³-hybridized carbons (Fsp3) is 0.208. The smallest absolute Gasteiger partial charge is 0.258 e. The maximum absolute atomic E-state index is 13.9. The molecule has 0 unspecified atom stereocenters. The summed E-state index contributed by atoms with van der Waals surface area (Å²) in [5.41, 5.74) is 2.97. The molecule has 1 aliphatic rings. The molecule has 1 amide bonds. The largest absolute Gasteiger partial charge is 0.497 e. The van der Waals surface area contributed by atoms with Gasteiger partial charge in [-0.1, -0.05) is 24.3 Å². The lowest BCUT2D eigenvalue weighted by Crippen LogP contribution is -2.35. The summed E-state index contributed by atoms with van der Waals surface area (Å²) in [6.07, 6.45) is 0.707. The molecule has 8 heteroatoms. The highest BCUT2D eigenvalue weighted by atomic mass is 32.2. The van der Waals surface area contributed by atoms with Gasteiger partial charge in [0.25, 0.3) is 5.91 Å². The van der Waals surface area contributed by atoms with Gasteiger partial charge in [0.1, 0.15) is 16.5 Å². The summed E-state index contributed by atoms with van der Waals surface area (Å²) in [6, 6.07) is 17.6. The summed E-state index contributed by atoms with van der Waals surface area (Å²) < 4.78 is 46.5. The molecule has 166 valence electrons. The molecule has 0 bridgehead atoms. The van der Waals surface area contributed by atoms with Crippen LogP contribution >= 0.6 is 0 Å². The minimum atomic E-state index is -4.01. The summed E-state index contributed by atoms with van der Waals surface area (Å²) in [5.74, 6) is -0.275. The van der Waals surface area contributed by atoms with E-state index < -0.39 is 20.7 Å². The average Bonchev–Trinajstić information content (AvgIpc) is 3.12. The zero-order valence-electron chi connectivity index (χ0n) is 17.7. The van der Waals surface area contributed by atoms with Gasteiger partial charge in [-0.25, -0.2) is 17.5 Å². The molecule has 1 heterocycles. The van der Waals surface area contributed by atoms with E-state index in [4.69, 9.17) is 4.74 Å². The van der Waals surface area contributed by atoms with E-state index in [1.807, 2.05) is 25.1 Å². The van der Waals surface area contributed by atoms with Crippen molar-refractivity contribution >= 4 is 21.6 Å². The van der Waals surface area contributed by atoms with Crippen molar-refractivity contribution in [1.29, 1.82) is 0 Å². The Morgan fingerprint density at radius 3 is 2.53 bits per heavy atom. The third-order valence-corrected chi connectivity index (χ3v) is 6.95. The number of sulfonamides is 1. The van der Waals surface area contributed by atoms with Gasteiger partial charge in [-0.05, 0) is 66.9 Å². The molecule has 0 aromatic heterocycles. The molecule has 0 saturated heterocycles. The molecule has 3 aromatic carbocycles. The molecular formula is C24H23FN2O4S. The second-order valence-electron chi connectivity index (χ2n) is 7.67. The number of benzene rings is 3. The van der Waals surface area contributed by atoms with Gasteiger partial charge < -0.3 is 9.64 Å². The van der Waals surface area contributed by atoms with Crippen molar-refractivity contribution < 1.29 is 22.3 Å². The molecule has 0 fully saturated rings. The normalized spacial score (nSPS) is 15.5. The van der Waals surface area contributed by atoms with Crippen molar-refractivity contribution in [2.45, 2.75) is 30.8 Å². The number of hydrogen-bond donors (Lipinski definition) is 1. The van der Waals surface area contributed by atoms with Crippen LogP contribution in [-0.4, -0.2) is 27.5 Å². The van der Waals surface area contributed by atoms with E-state index in [1.54, 1.807) is 36.3 Å². The van der Waals surface area contributed by atoms with Crippen LogP contribution in [0.2, 0.25) is 0 Å². The van der Waals surface area contributed by atoms with Gasteiger partial charge in [-0.15, -0.1) is 0 Å². The van der Waals surface area contributed by atoms with Crippen molar-refractivity contribution in [1.82, 2.24) is 4.72 Å². The number of carbonyl (C=O) groups is 1. The fourth-order valence-corrected chi connectivity index (χ4v) is 4.96. The Morgan fingerprint density at radius 1 is 1.12 bits per heavy atom. The molecule has 3 aromatic rings. The number of methoxy groups -OCH3 is 1. The molecule has 32 heavy (non-hydrogen) atoms. The predicted molar refractivity (Wildman–Crippen MR) is 120 cm³/mol. The van der Waals surface area contributed by atoms with Crippen molar-refractivity contribution in [2.24, 2.45) is 0 Å². The minimum absolute atomic E-state index is 0.0249. The number of nitrogens with one attached hydrogen (secondary N) is 1. The van der Waals surface area contributed by atoms with Gasteiger partial charge in [0.2, 0.25) is 10.0 Å². The molecule has 0 aliphatic carbocycles. The zero-order valence-corrected chi connectivity index (χ0v) is 18.5. The zero-order chi connectivity index (χ0) is 22.9. The Bertz CT molecular complexity index is 1260. The number of anilines is 1. The molecule has 0 spiro atoms. The Labute approximate surface area is 186 Å². The van der Waals surface area contributed by atoms with Gasteiger partial charge in [0.05, 0.1) is 7.11 Å². The van der Waals surface area contributed by atoms with Crippen LogP contribution in [0, 0.1) is 5.82 Å². The average molecular weight is 455 g/mol. The number of amides is 1. The lowest BCUT2D eigenvalue weighted by atomic mass is 10.1. The van der Waals surface area contributed by atoms with Crippen LogP contribution in [-0.2, 0) is 23.0 Å². The second-order valence-corrected chi connectivity index (χ2v) is 9.41. The maximum Gasteiger partial charge on any atom is 0.258 e. The highest BCUT2D eigenvalue weighted by Gasteiger charge is 2.32. The summed E-state index contributed by atoms with van der Waals surface area (Å²) in [7, 11) is -2.44. The predicted octanol–water partition coefficient (Wildman–Crippen LogP) is 3.90. The van der Waals surface area contributed by atoms with E-state index >= 15 is 0 Å². The van der Waals surface area contributed by atoms with Crippen molar-refractivity contribution in [2.75, 3.05) is 12.0 Å². The van der Waals surface area contributed by atoms with E-state index in [0.717, 1.165) is 17.3 Å². The molecule has 4 rings (SSSR count). The van der Waals surface area contributed by atoms with Crippen molar-refractivity contribution in [3.05, 3.63) is 89.2 Å². The lowest BCUT2D eigenvalue weighted by Gasteiger charge is -2.23. The van der Waals surface area contributed by atoms with Crippen LogP contribution in [0.4, 0.5) is 10.1 Å². The van der Waals surface area contributed by atoms with E-state index in [1.165, 1.54) is 18.2 Å². The van der Waals surface area contributed by atoms with Crippen LogP contribution < -0.4 is 14.4 Å². The standard InChI is InChI=1S/C24H23FN2O4S/c1-16-13-19-8-7-17(15-26-32(29,30)23-6-4-3-5-21(23)25)14-22(19)27(16)24(28)18-9-11-20(31-2)12-10-18/h3-12,14,16,26H,13,15H2,1-2H3/t16-/m0/s1. The van der Waals surface area contributed by atoms with Crippen molar-refractivity contribution in [3.63, 3.8) is 0 Å². The molecule has 0 saturated carbocycles. The molecule has 1 aliphatic heterocycles. The summed E-state index contributed by atoms with van der Waals surface area (Å²) in [4.78, 5) is 14.5. The van der Waals surface area contributed by atoms with Crippen LogP contribution in [0.1, 0.15) is 28.4 Å². The van der Waals surface area contributed by atoms with Gasteiger partial charge in [-0.3, -0.25) is 4.79 Å². The summed E-state index contributed by atoms with van der Waals surface area (Å²) in [5, 5.41) is 0. The van der Waals surface area contributed by atoms with Crippen LogP contribution in [0.25, 0.3) is 0 Å². The fourth-order valence-electron chi connectivity index (χ4n) is 3.86. The van der Waals surface area contributed by atoms with Gasteiger partial charge in [-0.2, -0.15) is 0 Å². The Hall–Kier alpha value is -3.23. The lowest BCUT2D eigenvalue weighted by molar-refractivity contribution is 0.0981. The van der Waals surface area contributed by atoms with E-state index in [0.29, 0.717) is 23.3 Å². The molecule has 1 atom stereocenters. The quantitative estimate of drug-likeness (QED) is 0.613. The topological polar surface area (TPSA) is 75.7 Å². The first-order valence-corrected chi connectivity index (χ1v) is 11.6. The third kappa shape index (κ3) is 4.24. The Morgan fingerprint density at radius 2 is 1.84 bits per heavy atom. The number of hydrogen-bond acceptors (Lipinski definition) is 4. The number of ether oxygens (including phenoxy) is 1. The number of rotatable bonds is 6. The molecule has 1 N–H and O–H groups in total. The first-order valence-electron chi connectivity index (χ1n) is 10.1. The third-order valence-electron chi connectivity index (χ3n) is 5.51. The summed E-state index contributed by atoms with van der Waals surface area (Å²) >= 11 is 0. The van der Waals surface area contributed by atoms with Crippen LogP contribution in [0.3, 0.4) is 0 Å². The summed E-state index contributed by atoms with van der Waals surface area (Å²) in [6.45, 7) is 1.95. The van der Waals surface area contributed by atoms with E-state index in [9.17, 15) is 17.6 Å². The first kappa shape index (κ1) is 22.0. The monoisotopic (exact) mass is 454 g/mol. The van der Waals surface area contributed by atoms with Gasteiger partial charge in [0, 0.05) is 23.8 Å². The highest BCUT2D eigenvalue weighted by molar-refractivity contribution is 7.89. The number of nitrogens with zero attached hydrogens (tertiary/aromatic N) is 1. The first-order chi connectivity index (χ1) is 15.3. The van der Waals surface area contributed by atoms with Crippen LogP contribution in [0.15, 0.2) is 71.6 Å². The minimum Gasteiger partial charge on any atom is -0.497 e. The van der Waals surface area contributed by atoms with E-state index in [-0.39, 0.29) is 18.5 Å². The van der Waals surface area contributed by atoms with Crippen molar-refractivity contribution in [3.8, 4) is 5.75 Å². The number of halogens is 1. The van der Waals surface area contributed by atoms with E-state index in [2.05, 4.69) is 4.72 Å². The van der Waals surface area contributed by atoms with Gasteiger partial charge >= 0.3 is 0 Å². The van der Waals surface area contributed by atoms with Crippen LogP contribution in [0.5, 0.6) is 5.75 Å². The maximum atomic E-state index is 13.9. The second kappa shape index (κ2) is 8.72. The molecule has 6 nitrogen and oxygen atoms in total. The Balaban J connectivity index is 1.56. The van der Waals surface area contributed by atoms with Gasteiger partial charge in [0.15, 0.2) is 0 Å². The Kier molecular flexibility index (Phi) is 5.99. The number of fused-ring (bicyclic) bond motifs is 1. The molecule has 0 radical (unpaired) electrons. The SMILES string of the molecule is COc1ccc(C(=O)N2c3cc(CNS(=O)(=O)c4ccccc4F)ccc3C[C@@H]2C)cc1. The highest BCUT2D eigenvalue weighted by Crippen LogP contribution is 2.34. The molecular weight excluding hydrogens is 431 g/mol. The number of carbonyl (C=O) groups excluding carboxylic acids is 1.